The third-order valence-corrected chi connectivity index (χ3v) is 6.13. The number of benzene rings is 1. The lowest BCUT2D eigenvalue weighted by atomic mass is 9.80. The van der Waals surface area contributed by atoms with Gasteiger partial charge in [-0.15, -0.1) is 0 Å². The summed E-state index contributed by atoms with van der Waals surface area (Å²) in [4.78, 5) is 12.6. The summed E-state index contributed by atoms with van der Waals surface area (Å²) in [6.07, 6.45) is -2.46. The first-order valence-electron chi connectivity index (χ1n) is 10.9. The van der Waals surface area contributed by atoms with Crippen LogP contribution in [-0.4, -0.2) is 39.2 Å². The molecule has 1 fully saturated rings. The third kappa shape index (κ3) is 6.24. The van der Waals surface area contributed by atoms with Gasteiger partial charge in [0.2, 0.25) is 0 Å². The SMILES string of the molecule is C=C(CCn1cc(OC2CC(CC(F)(F)F)C2)cn1)NC(=O)[C@@H]1C[C@@H](O)c2cc(Cl)ccc2O1. The Morgan fingerprint density at radius 2 is 2.12 bits per heavy atom. The van der Waals surface area contributed by atoms with Gasteiger partial charge in [0.15, 0.2) is 11.9 Å². The molecule has 1 amide bonds. The van der Waals surface area contributed by atoms with Gasteiger partial charge in [-0.25, -0.2) is 0 Å². The molecule has 2 aliphatic rings. The number of aromatic nitrogens is 2. The van der Waals surface area contributed by atoms with Crippen molar-refractivity contribution in [2.45, 2.75) is 63.1 Å². The highest BCUT2D eigenvalue weighted by atomic mass is 35.5. The fourth-order valence-corrected chi connectivity index (χ4v) is 4.31. The van der Waals surface area contributed by atoms with E-state index in [4.69, 9.17) is 21.1 Å². The molecule has 1 aliphatic carbocycles. The summed E-state index contributed by atoms with van der Waals surface area (Å²) in [5.74, 6) is 0.114. The van der Waals surface area contributed by atoms with Crippen LogP contribution in [0.4, 0.5) is 13.2 Å². The maximum Gasteiger partial charge on any atom is 0.389 e. The lowest BCUT2D eigenvalue weighted by Crippen LogP contribution is -2.41. The Balaban J connectivity index is 1.19. The van der Waals surface area contributed by atoms with Crippen LogP contribution in [0.1, 0.15) is 43.8 Å². The number of rotatable bonds is 8. The van der Waals surface area contributed by atoms with E-state index in [1.807, 2.05) is 0 Å². The maximum atomic E-state index is 12.6. The van der Waals surface area contributed by atoms with Crippen molar-refractivity contribution in [2.75, 3.05) is 0 Å². The number of aliphatic hydroxyl groups excluding tert-OH is 1. The Hall–Kier alpha value is -2.72. The van der Waals surface area contributed by atoms with E-state index >= 15 is 0 Å². The Labute approximate surface area is 199 Å². The topological polar surface area (TPSA) is 85.6 Å². The Bertz CT molecular complexity index is 1050. The quantitative estimate of drug-likeness (QED) is 0.556. The normalized spacial score (nSPS) is 23.9. The Morgan fingerprint density at radius 3 is 2.85 bits per heavy atom. The van der Waals surface area contributed by atoms with Crippen LogP contribution in [0.15, 0.2) is 42.9 Å². The van der Waals surface area contributed by atoms with E-state index in [0.29, 0.717) is 53.6 Å². The monoisotopic (exact) mass is 499 g/mol. The number of carbonyl (C=O) groups is 1. The van der Waals surface area contributed by atoms with E-state index in [1.165, 1.54) is 6.20 Å². The van der Waals surface area contributed by atoms with Crippen molar-refractivity contribution in [1.82, 2.24) is 15.1 Å². The minimum atomic E-state index is -4.14. The number of allylic oxidation sites excluding steroid dienone is 1. The predicted molar refractivity (Wildman–Crippen MR) is 117 cm³/mol. The van der Waals surface area contributed by atoms with E-state index < -0.39 is 30.7 Å². The van der Waals surface area contributed by atoms with Crippen molar-refractivity contribution in [3.05, 3.63) is 53.5 Å². The zero-order valence-electron chi connectivity index (χ0n) is 18.2. The van der Waals surface area contributed by atoms with Crippen molar-refractivity contribution >= 4 is 17.5 Å². The molecule has 2 atom stereocenters. The second-order valence-electron chi connectivity index (χ2n) is 8.72. The van der Waals surface area contributed by atoms with Gasteiger partial charge >= 0.3 is 6.18 Å². The van der Waals surface area contributed by atoms with E-state index in [1.54, 1.807) is 29.1 Å². The summed E-state index contributed by atoms with van der Waals surface area (Å²) in [6, 6.07) is 4.86. The van der Waals surface area contributed by atoms with Crippen LogP contribution >= 0.6 is 11.6 Å². The van der Waals surface area contributed by atoms with Crippen LogP contribution in [0, 0.1) is 5.92 Å². The maximum absolute atomic E-state index is 12.6. The second-order valence-corrected chi connectivity index (χ2v) is 9.16. The van der Waals surface area contributed by atoms with Gasteiger partial charge in [-0.1, -0.05) is 18.2 Å². The van der Waals surface area contributed by atoms with Gasteiger partial charge in [-0.05, 0) is 37.0 Å². The number of halogens is 4. The number of hydrogen-bond donors (Lipinski definition) is 2. The number of aryl methyl sites for hydroxylation is 1. The standard InChI is InChI=1S/C23H25ClF3N3O4/c1-13(29-22(32)21-9-19(31)18-8-15(24)2-3-20(18)34-21)4-5-30-12-17(11-28-30)33-16-6-14(7-16)10-23(25,26)27/h2-3,8,11-12,14,16,19,21,31H,1,4-7,9-10H2,(H,29,32)/t14?,16?,19-,21+/m1/s1. The molecule has 0 saturated heterocycles. The van der Waals surface area contributed by atoms with Gasteiger partial charge in [0.05, 0.1) is 24.6 Å². The number of aliphatic hydroxyl groups is 1. The number of hydrogen-bond acceptors (Lipinski definition) is 5. The summed E-state index contributed by atoms with van der Waals surface area (Å²) in [5.41, 5.74) is 1.00. The van der Waals surface area contributed by atoms with E-state index in [2.05, 4.69) is 17.0 Å². The molecule has 1 aliphatic heterocycles. The van der Waals surface area contributed by atoms with Crippen molar-refractivity contribution in [2.24, 2.45) is 5.92 Å². The smallest absolute Gasteiger partial charge is 0.389 e. The van der Waals surface area contributed by atoms with E-state index in [-0.39, 0.29) is 18.4 Å². The van der Waals surface area contributed by atoms with Crippen molar-refractivity contribution in [1.29, 1.82) is 0 Å². The second kappa shape index (κ2) is 9.87. The Morgan fingerprint density at radius 1 is 1.35 bits per heavy atom. The van der Waals surface area contributed by atoms with Gasteiger partial charge in [0.25, 0.3) is 5.91 Å². The summed E-state index contributed by atoms with van der Waals surface area (Å²) < 4.78 is 50.2. The molecule has 2 N–H and O–H groups in total. The fraction of sp³-hybridized carbons (Fsp3) is 0.478. The van der Waals surface area contributed by atoms with Gasteiger partial charge in [0.1, 0.15) is 5.75 Å². The molecule has 1 aromatic carbocycles. The lowest BCUT2D eigenvalue weighted by molar-refractivity contribution is -0.156. The van der Waals surface area contributed by atoms with Gasteiger partial charge in [0, 0.05) is 42.1 Å². The zero-order chi connectivity index (χ0) is 24.5. The summed E-state index contributed by atoms with van der Waals surface area (Å²) in [6.45, 7) is 4.28. The van der Waals surface area contributed by atoms with Crippen LogP contribution in [-0.2, 0) is 11.3 Å². The molecule has 7 nitrogen and oxygen atoms in total. The minimum Gasteiger partial charge on any atom is -0.487 e. The first-order chi connectivity index (χ1) is 16.1. The highest BCUT2D eigenvalue weighted by Crippen LogP contribution is 2.39. The largest absolute Gasteiger partial charge is 0.487 e. The molecule has 0 unspecified atom stereocenters. The van der Waals surface area contributed by atoms with Gasteiger partial charge in [-0.2, -0.15) is 18.3 Å². The summed E-state index contributed by atoms with van der Waals surface area (Å²) in [7, 11) is 0. The van der Waals surface area contributed by atoms with Gasteiger partial charge in [-0.3, -0.25) is 9.48 Å². The number of carbonyl (C=O) groups excluding carboxylic acids is 1. The highest BCUT2D eigenvalue weighted by molar-refractivity contribution is 6.30. The molecule has 0 bridgehead atoms. The molecule has 4 rings (SSSR count). The molecule has 0 spiro atoms. The molecule has 1 aromatic heterocycles. The molecular weight excluding hydrogens is 475 g/mol. The number of alkyl halides is 3. The third-order valence-electron chi connectivity index (χ3n) is 5.90. The van der Waals surface area contributed by atoms with Crippen LogP contribution in [0.25, 0.3) is 0 Å². The molecule has 11 heteroatoms. The fourth-order valence-electron chi connectivity index (χ4n) is 4.13. The van der Waals surface area contributed by atoms with Crippen molar-refractivity contribution in [3.63, 3.8) is 0 Å². The van der Waals surface area contributed by atoms with Crippen LogP contribution < -0.4 is 14.8 Å². The summed E-state index contributed by atoms with van der Waals surface area (Å²) >= 11 is 5.95. The average Bonchev–Trinajstić information content (AvgIpc) is 3.17. The molecule has 1 saturated carbocycles. The Kier molecular flexibility index (Phi) is 7.09. The minimum absolute atomic E-state index is 0.0945. The van der Waals surface area contributed by atoms with Crippen molar-refractivity contribution < 1.29 is 32.5 Å². The van der Waals surface area contributed by atoms with Crippen LogP contribution in [0.2, 0.25) is 5.02 Å². The zero-order valence-corrected chi connectivity index (χ0v) is 19.0. The molecule has 184 valence electrons. The first kappa shape index (κ1) is 24.4. The first-order valence-corrected chi connectivity index (χ1v) is 11.3. The molecule has 0 radical (unpaired) electrons. The highest BCUT2D eigenvalue weighted by Gasteiger charge is 2.40. The number of amides is 1. The van der Waals surface area contributed by atoms with E-state index in [0.717, 1.165) is 0 Å². The van der Waals surface area contributed by atoms with Gasteiger partial charge < -0.3 is 19.9 Å². The molecular formula is C23H25ClF3N3O4. The molecule has 2 aromatic rings. The van der Waals surface area contributed by atoms with Crippen LogP contribution in [0.5, 0.6) is 11.5 Å². The van der Waals surface area contributed by atoms with E-state index in [9.17, 15) is 23.1 Å². The number of ether oxygens (including phenoxy) is 2. The molecule has 2 heterocycles. The molecule has 34 heavy (non-hydrogen) atoms. The summed E-state index contributed by atoms with van der Waals surface area (Å²) in [5, 5.41) is 17.7. The lowest BCUT2D eigenvalue weighted by Gasteiger charge is -2.35. The number of nitrogens with zero attached hydrogens (tertiary/aromatic N) is 2. The number of fused-ring (bicyclic) bond motifs is 1. The number of nitrogens with one attached hydrogen (secondary N) is 1. The van der Waals surface area contributed by atoms with Crippen molar-refractivity contribution in [3.8, 4) is 11.5 Å². The predicted octanol–water partition coefficient (Wildman–Crippen LogP) is 4.55. The van der Waals surface area contributed by atoms with Crippen LogP contribution in [0.3, 0.4) is 0 Å². The average molecular weight is 500 g/mol.